The Morgan fingerprint density at radius 3 is 1.57 bits per heavy atom. The van der Waals surface area contributed by atoms with Crippen LogP contribution in [0.5, 0.6) is 0 Å². The number of unbranched alkanes of at least 4 members (excludes halogenated alkanes) is 10. The van der Waals surface area contributed by atoms with Crippen molar-refractivity contribution >= 4 is 10.1 Å². The molecule has 0 saturated carbocycles. The summed E-state index contributed by atoms with van der Waals surface area (Å²) in [6.45, 7) is 2.32. The molecule has 0 fully saturated rings. The van der Waals surface area contributed by atoms with Gasteiger partial charge in [0.1, 0.15) is 0 Å². The molecule has 0 rings (SSSR count). The molecule has 0 saturated heterocycles. The van der Waals surface area contributed by atoms with Crippen LogP contribution in [0.1, 0.15) is 96.8 Å². The summed E-state index contributed by atoms with van der Waals surface area (Å²) in [6.07, 6.45) is 14.0. The van der Waals surface area contributed by atoms with Crippen LogP contribution in [0.4, 0.5) is 0 Å². The zero-order valence-corrected chi connectivity index (χ0v) is 19.2. The third kappa shape index (κ3) is 18.1. The molecule has 0 spiro atoms. The molecule has 0 heterocycles. The van der Waals surface area contributed by atoms with E-state index in [1.807, 2.05) is 6.92 Å². The molecule has 1 unspecified atom stereocenters. The topological polar surface area (TPSA) is 77.4 Å². The molecule has 0 radical (unpaired) electrons. The van der Waals surface area contributed by atoms with Crippen molar-refractivity contribution in [1.29, 1.82) is 0 Å². The first-order chi connectivity index (χ1) is 10.5. The molecule has 0 bridgehead atoms. The first kappa shape index (κ1) is 26.7. The van der Waals surface area contributed by atoms with E-state index in [4.69, 9.17) is 5.11 Å². The van der Waals surface area contributed by atoms with Gasteiger partial charge in [0.05, 0.1) is 10.1 Å². The quantitative estimate of drug-likeness (QED) is 0.251. The van der Waals surface area contributed by atoms with Crippen LogP contribution in [0.3, 0.4) is 0 Å². The van der Waals surface area contributed by atoms with Gasteiger partial charge in [-0.3, -0.25) is 0 Å². The molecule has 0 amide bonds. The Kier molecular flexibility index (Phi) is 21.3. The van der Waals surface area contributed by atoms with Crippen LogP contribution in [-0.4, -0.2) is 29.9 Å². The van der Waals surface area contributed by atoms with Gasteiger partial charge >= 0.3 is 51.4 Å². The van der Waals surface area contributed by atoms with Crippen molar-refractivity contribution in [3.05, 3.63) is 0 Å². The van der Waals surface area contributed by atoms with Crippen LogP contribution >= 0.6 is 0 Å². The standard InChI is InChI=1S/C17H36O4S.K/c1-2-3-14-17(22(19,20)21)15-12-10-8-6-4-5-7-9-11-13-16-18;/h17-18H,2-16H2,1H3,(H,19,20,21);/q;+1/p-1. The summed E-state index contributed by atoms with van der Waals surface area (Å²) in [7, 11) is -4.12. The van der Waals surface area contributed by atoms with Crippen molar-refractivity contribution in [2.24, 2.45) is 0 Å². The molecule has 0 aromatic heterocycles. The molecule has 23 heavy (non-hydrogen) atoms. The van der Waals surface area contributed by atoms with Crippen LogP contribution < -0.4 is 51.4 Å². The molecular weight excluding hydrogens is 339 g/mol. The van der Waals surface area contributed by atoms with Gasteiger partial charge in [-0.1, -0.05) is 77.6 Å². The van der Waals surface area contributed by atoms with Gasteiger partial charge in [0.15, 0.2) is 0 Å². The van der Waals surface area contributed by atoms with Crippen LogP contribution in [0.25, 0.3) is 0 Å². The minimum Gasteiger partial charge on any atom is -0.748 e. The van der Waals surface area contributed by atoms with E-state index in [9.17, 15) is 13.0 Å². The van der Waals surface area contributed by atoms with Gasteiger partial charge in [0.2, 0.25) is 0 Å². The van der Waals surface area contributed by atoms with Gasteiger partial charge in [0, 0.05) is 11.9 Å². The van der Waals surface area contributed by atoms with E-state index in [2.05, 4.69) is 0 Å². The molecule has 1 atom stereocenters. The van der Waals surface area contributed by atoms with E-state index in [1.54, 1.807) is 0 Å². The molecule has 0 aromatic carbocycles. The summed E-state index contributed by atoms with van der Waals surface area (Å²) in [6, 6.07) is 0. The molecule has 0 aliphatic heterocycles. The molecule has 6 heteroatoms. The molecule has 1 N–H and O–H groups in total. The SMILES string of the molecule is CCCCC(CCCCCCCCCCCCO)S(=O)(=O)[O-].[K+]. The zero-order chi connectivity index (χ0) is 16.7. The predicted molar refractivity (Wildman–Crippen MR) is 90.9 cm³/mol. The maximum atomic E-state index is 11.2. The van der Waals surface area contributed by atoms with Crippen LogP contribution in [0.15, 0.2) is 0 Å². The number of hydrogen-bond acceptors (Lipinski definition) is 4. The second-order valence-corrected chi connectivity index (χ2v) is 7.96. The predicted octanol–water partition coefficient (Wildman–Crippen LogP) is 1.38. The molecule has 4 nitrogen and oxygen atoms in total. The van der Waals surface area contributed by atoms with E-state index in [0.717, 1.165) is 44.9 Å². The van der Waals surface area contributed by atoms with Crippen molar-refractivity contribution in [2.75, 3.05) is 6.61 Å². The number of rotatable bonds is 16. The summed E-state index contributed by atoms with van der Waals surface area (Å²) in [4.78, 5) is 0. The van der Waals surface area contributed by atoms with Crippen LogP contribution in [-0.2, 0) is 10.1 Å². The van der Waals surface area contributed by atoms with Gasteiger partial charge in [-0.05, 0) is 19.3 Å². The molecule has 0 aromatic rings. The second kappa shape index (κ2) is 18.3. The smallest absolute Gasteiger partial charge is 0.748 e. The van der Waals surface area contributed by atoms with E-state index in [1.165, 1.54) is 32.1 Å². The first-order valence-corrected chi connectivity index (χ1v) is 10.5. The monoisotopic (exact) mass is 374 g/mol. The third-order valence-electron chi connectivity index (χ3n) is 4.22. The number of hydrogen-bond donors (Lipinski definition) is 1. The summed E-state index contributed by atoms with van der Waals surface area (Å²) in [5, 5.41) is 8.00. The molecular formula is C17H35KO4S. The van der Waals surface area contributed by atoms with Gasteiger partial charge in [-0.15, -0.1) is 0 Å². The van der Waals surface area contributed by atoms with Gasteiger partial charge in [0.25, 0.3) is 0 Å². The van der Waals surface area contributed by atoms with E-state index < -0.39 is 15.4 Å². The minimum absolute atomic E-state index is 0. The van der Waals surface area contributed by atoms with Crippen molar-refractivity contribution in [3.63, 3.8) is 0 Å². The normalized spacial score (nSPS) is 12.8. The van der Waals surface area contributed by atoms with Gasteiger partial charge < -0.3 is 9.66 Å². The average molecular weight is 375 g/mol. The third-order valence-corrected chi connectivity index (χ3v) is 5.51. The summed E-state index contributed by atoms with van der Waals surface area (Å²) in [5.41, 5.74) is 0. The second-order valence-electron chi connectivity index (χ2n) is 6.30. The van der Waals surface area contributed by atoms with E-state index >= 15 is 0 Å². The van der Waals surface area contributed by atoms with Gasteiger partial charge in [-0.25, -0.2) is 8.42 Å². The fourth-order valence-electron chi connectivity index (χ4n) is 2.76. The molecule has 0 aliphatic carbocycles. The number of aliphatic hydroxyl groups excluding tert-OH is 1. The van der Waals surface area contributed by atoms with E-state index in [0.29, 0.717) is 19.4 Å². The molecule has 0 aliphatic rings. The fourth-order valence-corrected chi connectivity index (χ4v) is 3.67. The van der Waals surface area contributed by atoms with E-state index in [-0.39, 0.29) is 51.4 Å². The fraction of sp³-hybridized carbons (Fsp3) is 1.00. The van der Waals surface area contributed by atoms with Crippen LogP contribution in [0.2, 0.25) is 0 Å². The van der Waals surface area contributed by atoms with Gasteiger partial charge in [-0.2, -0.15) is 0 Å². The Hall–Kier alpha value is 1.51. The Morgan fingerprint density at radius 2 is 1.17 bits per heavy atom. The van der Waals surface area contributed by atoms with Crippen molar-refractivity contribution in [2.45, 2.75) is 102 Å². The minimum atomic E-state index is -4.12. The van der Waals surface area contributed by atoms with Crippen molar-refractivity contribution in [1.82, 2.24) is 0 Å². The Labute approximate surface area is 186 Å². The van der Waals surface area contributed by atoms with Crippen molar-refractivity contribution < 1.29 is 69.5 Å². The largest absolute Gasteiger partial charge is 1.00 e. The Morgan fingerprint density at radius 1 is 0.783 bits per heavy atom. The van der Waals surface area contributed by atoms with Crippen molar-refractivity contribution in [3.8, 4) is 0 Å². The van der Waals surface area contributed by atoms with Crippen LogP contribution in [0, 0.1) is 0 Å². The maximum Gasteiger partial charge on any atom is 1.00 e. The summed E-state index contributed by atoms with van der Waals surface area (Å²) >= 11 is 0. The zero-order valence-electron chi connectivity index (χ0n) is 15.3. The number of aliphatic hydroxyl groups is 1. The Bertz CT molecular complexity index is 333. The molecule has 134 valence electrons. The first-order valence-electron chi connectivity index (χ1n) is 9.08. The average Bonchev–Trinajstić information content (AvgIpc) is 2.46. The Balaban J connectivity index is 0. The summed E-state index contributed by atoms with van der Waals surface area (Å²) < 4.78 is 33.5. The summed E-state index contributed by atoms with van der Waals surface area (Å²) in [5.74, 6) is 0. The maximum absolute atomic E-state index is 11.2.